The summed E-state index contributed by atoms with van der Waals surface area (Å²) in [6, 6.07) is 6.77. The van der Waals surface area contributed by atoms with E-state index in [0.717, 1.165) is 11.1 Å². The van der Waals surface area contributed by atoms with Gasteiger partial charge in [-0.05, 0) is 37.8 Å². The zero-order chi connectivity index (χ0) is 21.9. The van der Waals surface area contributed by atoms with E-state index in [-0.39, 0.29) is 35.9 Å². The van der Waals surface area contributed by atoms with E-state index in [1.165, 1.54) is 0 Å². The lowest BCUT2D eigenvalue weighted by molar-refractivity contribution is -0.146. The van der Waals surface area contributed by atoms with Crippen LogP contribution in [0.25, 0.3) is 0 Å². The molecule has 2 saturated heterocycles. The lowest BCUT2D eigenvalue weighted by Gasteiger charge is -2.35. The largest absolute Gasteiger partial charge is 0.466 e. The van der Waals surface area contributed by atoms with Crippen LogP contribution >= 0.6 is 0 Å². The number of aryl methyl sites for hydroxylation is 1. The molecule has 4 atom stereocenters. The van der Waals surface area contributed by atoms with Gasteiger partial charge >= 0.3 is 5.97 Å². The molecule has 3 fully saturated rings. The monoisotopic (exact) mass is 433 g/mol. The fourth-order valence-corrected chi connectivity index (χ4v) is 7.77. The van der Waals surface area contributed by atoms with E-state index in [4.69, 9.17) is 9.47 Å². The van der Waals surface area contributed by atoms with Crippen molar-refractivity contribution in [2.45, 2.75) is 57.6 Å². The molecule has 1 aromatic rings. The molecular formula is C23H31NO5S. The standard InChI is InChI=1S/C23H31NO5S/c1-6-28-20(25)11-18-21-22(4,5)12-19-23(21,14-29-18)16(3)13-24(19)30(26,27)17-9-7-15(2)8-10-17/h7-10,18-19,21H,3,6,11-14H2,1-2,4-5H3/t18-,19-,21-,23-/m0/s1. The van der Waals surface area contributed by atoms with Crippen LogP contribution < -0.4 is 0 Å². The molecule has 164 valence electrons. The third-order valence-electron chi connectivity index (χ3n) is 7.27. The minimum Gasteiger partial charge on any atom is -0.466 e. The van der Waals surface area contributed by atoms with E-state index >= 15 is 0 Å². The summed E-state index contributed by atoms with van der Waals surface area (Å²) in [5.74, 6) is -0.253. The van der Waals surface area contributed by atoms with Gasteiger partial charge in [0.1, 0.15) is 0 Å². The van der Waals surface area contributed by atoms with Gasteiger partial charge in [0.15, 0.2) is 0 Å². The number of carbonyl (C=O) groups is 1. The van der Waals surface area contributed by atoms with Crippen LogP contribution in [0, 0.1) is 23.7 Å². The number of hydrogen-bond acceptors (Lipinski definition) is 5. The Bertz CT molecular complexity index is 968. The number of rotatable bonds is 5. The fraction of sp³-hybridized carbons (Fsp3) is 0.609. The highest BCUT2D eigenvalue weighted by atomic mass is 32.2. The molecule has 0 unspecified atom stereocenters. The highest BCUT2D eigenvalue weighted by Crippen LogP contribution is 2.67. The highest BCUT2D eigenvalue weighted by Gasteiger charge is 2.71. The summed E-state index contributed by atoms with van der Waals surface area (Å²) in [6.45, 7) is 13.4. The Labute approximate surface area is 179 Å². The minimum atomic E-state index is -3.66. The third-order valence-corrected chi connectivity index (χ3v) is 9.14. The Morgan fingerprint density at radius 3 is 2.60 bits per heavy atom. The number of ether oxygens (including phenoxy) is 2. The van der Waals surface area contributed by atoms with Crippen LogP contribution in [0.5, 0.6) is 0 Å². The highest BCUT2D eigenvalue weighted by molar-refractivity contribution is 7.89. The van der Waals surface area contributed by atoms with Gasteiger partial charge in [-0.25, -0.2) is 8.42 Å². The molecule has 30 heavy (non-hydrogen) atoms. The summed E-state index contributed by atoms with van der Waals surface area (Å²) in [5, 5.41) is 0. The van der Waals surface area contributed by atoms with Crippen LogP contribution in [0.1, 0.15) is 39.2 Å². The van der Waals surface area contributed by atoms with Crippen molar-refractivity contribution in [2.24, 2.45) is 16.7 Å². The summed E-state index contributed by atoms with van der Waals surface area (Å²) in [6.07, 6.45) is 0.613. The van der Waals surface area contributed by atoms with Crippen molar-refractivity contribution in [1.82, 2.24) is 4.31 Å². The normalized spacial score (nSPS) is 32.8. The van der Waals surface area contributed by atoms with Gasteiger partial charge in [-0.1, -0.05) is 43.7 Å². The predicted molar refractivity (Wildman–Crippen MR) is 113 cm³/mol. The molecule has 0 N–H and O–H groups in total. The number of sulfonamides is 1. The zero-order valence-corrected chi connectivity index (χ0v) is 19.0. The van der Waals surface area contributed by atoms with Crippen LogP contribution in [-0.2, 0) is 24.3 Å². The minimum absolute atomic E-state index is 0.0186. The molecule has 1 aromatic carbocycles. The lowest BCUT2D eigenvalue weighted by Crippen LogP contribution is -2.42. The average molecular weight is 434 g/mol. The maximum absolute atomic E-state index is 13.5. The quantitative estimate of drug-likeness (QED) is 0.526. The summed E-state index contributed by atoms with van der Waals surface area (Å²) in [4.78, 5) is 12.5. The van der Waals surface area contributed by atoms with Crippen molar-refractivity contribution in [2.75, 3.05) is 19.8 Å². The third kappa shape index (κ3) is 3.05. The van der Waals surface area contributed by atoms with Gasteiger partial charge in [0, 0.05) is 23.9 Å². The van der Waals surface area contributed by atoms with Gasteiger partial charge in [-0.2, -0.15) is 4.31 Å². The second-order valence-corrected chi connectivity index (χ2v) is 11.4. The Morgan fingerprint density at radius 2 is 1.97 bits per heavy atom. The molecule has 2 heterocycles. The summed E-state index contributed by atoms with van der Waals surface area (Å²) in [5.41, 5.74) is 1.26. The molecule has 4 rings (SSSR count). The molecule has 0 amide bonds. The van der Waals surface area contributed by atoms with E-state index < -0.39 is 15.4 Å². The van der Waals surface area contributed by atoms with Crippen LogP contribution in [0.15, 0.2) is 41.3 Å². The Hall–Kier alpha value is -1.70. The molecule has 1 saturated carbocycles. The number of carbonyl (C=O) groups excluding carboxylic acids is 1. The van der Waals surface area contributed by atoms with Gasteiger partial charge in [0.05, 0.1) is 30.6 Å². The van der Waals surface area contributed by atoms with E-state index in [2.05, 4.69) is 20.4 Å². The van der Waals surface area contributed by atoms with E-state index in [0.29, 0.717) is 31.1 Å². The van der Waals surface area contributed by atoms with Crippen LogP contribution in [0.3, 0.4) is 0 Å². The number of esters is 1. The second kappa shape index (κ2) is 7.18. The first-order chi connectivity index (χ1) is 14.0. The molecule has 3 aliphatic rings. The predicted octanol–water partition coefficient (Wildman–Crippen LogP) is 3.31. The number of nitrogens with zero attached hydrogens (tertiary/aromatic N) is 1. The van der Waals surface area contributed by atoms with Gasteiger partial charge in [0.25, 0.3) is 0 Å². The Balaban J connectivity index is 1.70. The average Bonchev–Trinajstić information content (AvgIpc) is 3.24. The molecule has 1 aliphatic carbocycles. The topological polar surface area (TPSA) is 72.9 Å². The van der Waals surface area contributed by atoms with Gasteiger partial charge in [-0.3, -0.25) is 4.79 Å². The summed E-state index contributed by atoms with van der Waals surface area (Å²) >= 11 is 0. The Kier molecular flexibility index (Phi) is 5.15. The SMILES string of the molecule is C=C1CN(S(=O)(=O)c2ccc(C)cc2)[C@H]2CC(C)(C)[C@@H]3[C@H](CC(=O)OCC)OC[C@]123. The van der Waals surface area contributed by atoms with Crippen molar-refractivity contribution in [3.8, 4) is 0 Å². The maximum Gasteiger partial charge on any atom is 0.308 e. The van der Waals surface area contributed by atoms with Crippen molar-refractivity contribution < 1.29 is 22.7 Å². The molecule has 2 aliphatic heterocycles. The summed E-state index contributed by atoms with van der Waals surface area (Å²) < 4.78 is 40.0. The van der Waals surface area contributed by atoms with E-state index in [1.807, 2.05) is 19.1 Å². The van der Waals surface area contributed by atoms with Gasteiger partial charge in [0.2, 0.25) is 10.0 Å². The van der Waals surface area contributed by atoms with Gasteiger partial charge in [-0.15, -0.1) is 0 Å². The molecule has 0 aromatic heterocycles. The summed E-state index contributed by atoms with van der Waals surface area (Å²) in [7, 11) is -3.66. The van der Waals surface area contributed by atoms with Crippen molar-refractivity contribution >= 4 is 16.0 Å². The molecule has 7 heteroatoms. The smallest absolute Gasteiger partial charge is 0.308 e. The van der Waals surface area contributed by atoms with Crippen molar-refractivity contribution in [3.63, 3.8) is 0 Å². The molecule has 0 bridgehead atoms. The number of hydrogen-bond donors (Lipinski definition) is 0. The molecule has 1 spiro atoms. The van der Waals surface area contributed by atoms with Gasteiger partial charge < -0.3 is 9.47 Å². The van der Waals surface area contributed by atoms with Crippen molar-refractivity contribution in [3.05, 3.63) is 42.0 Å². The van der Waals surface area contributed by atoms with Crippen LogP contribution in [0.2, 0.25) is 0 Å². The first-order valence-corrected chi connectivity index (χ1v) is 12.0. The fourth-order valence-electron chi connectivity index (χ4n) is 6.09. The van der Waals surface area contributed by atoms with Crippen LogP contribution in [0.4, 0.5) is 0 Å². The second-order valence-electron chi connectivity index (χ2n) is 9.55. The molecule has 0 radical (unpaired) electrons. The Morgan fingerprint density at radius 1 is 1.30 bits per heavy atom. The molecule has 6 nitrogen and oxygen atoms in total. The molecular weight excluding hydrogens is 402 g/mol. The number of benzene rings is 1. The first kappa shape index (κ1) is 21.5. The first-order valence-electron chi connectivity index (χ1n) is 10.6. The lowest BCUT2D eigenvalue weighted by atomic mass is 9.66. The van der Waals surface area contributed by atoms with Crippen LogP contribution in [-0.4, -0.2) is 50.6 Å². The van der Waals surface area contributed by atoms with E-state index in [1.54, 1.807) is 23.4 Å². The zero-order valence-electron chi connectivity index (χ0n) is 18.2. The van der Waals surface area contributed by atoms with E-state index in [9.17, 15) is 13.2 Å². The van der Waals surface area contributed by atoms with Crippen molar-refractivity contribution in [1.29, 1.82) is 0 Å². The maximum atomic E-state index is 13.5.